The molecule has 1 N–H and O–H groups in total. The highest BCUT2D eigenvalue weighted by Crippen LogP contribution is 2.21. The van der Waals surface area contributed by atoms with E-state index < -0.39 is 17.7 Å². The van der Waals surface area contributed by atoms with Crippen LogP contribution in [0.5, 0.6) is 5.88 Å². The molecule has 0 bridgehead atoms. The van der Waals surface area contributed by atoms with Crippen molar-refractivity contribution in [1.82, 2.24) is 4.98 Å². The van der Waals surface area contributed by atoms with E-state index in [1.54, 1.807) is 13.8 Å². The molecule has 1 aromatic heterocycles. The first-order valence-corrected chi connectivity index (χ1v) is 4.81. The van der Waals surface area contributed by atoms with Crippen LogP contribution in [0.25, 0.3) is 0 Å². The number of nitrogens with zero attached hydrogens (tertiary/aromatic N) is 1. The summed E-state index contributed by atoms with van der Waals surface area (Å²) < 4.78 is 31.4. The van der Waals surface area contributed by atoms with Crippen molar-refractivity contribution >= 4 is 5.82 Å². The van der Waals surface area contributed by atoms with Gasteiger partial charge in [-0.05, 0) is 13.8 Å². The molecule has 0 aromatic carbocycles. The van der Waals surface area contributed by atoms with Crippen molar-refractivity contribution in [3.8, 4) is 18.2 Å². The first-order valence-electron chi connectivity index (χ1n) is 4.81. The van der Waals surface area contributed by atoms with E-state index in [0.29, 0.717) is 12.6 Å². The molecule has 0 saturated carbocycles. The molecule has 5 heteroatoms. The van der Waals surface area contributed by atoms with Crippen molar-refractivity contribution < 1.29 is 13.5 Å². The highest BCUT2D eigenvalue weighted by atomic mass is 19.1. The van der Waals surface area contributed by atoms with Gasteiger partial charge in [0.15, 0.2) is 23.6 Å². The minimum Gasteiger partial charge on any atom is -0.459 e. The molecule has 0 aliphatic rings. The van der Waals surface area contributed by atoms with Crippen molar-refractivity contribution in [3.63, 3.8) is 0 Å². The van der Waals surface area contributed by atoms with Crippen molar-refractivity contribution in [3.05, 3.63) is 17.7 Å². The van der Waals surface area contributed by atoms with Crippen LogP contribution in [-0.4, -0.2) is 17.6 Å². The third kappa shape index (κ3) is 2.83. The number of hydrogen-bond acceptors (Lipinski definition) is 3. The van der Waals surface area contributed by atoms with Crippen molar-refractivity contribution in [2.24, 2.45) is 0 Å². The molecule has 0 fully saturated rings. The van der Waals surface area contributed by atoms with E-state index in [0.717, 1.165) is 0 Å². The van der Waals surface area contributed by atoms with E-state index in [2.05, 4.69) is 16.2 Å². The quantitative estimate of drug-likeness (QED) is 0.799. The largest absolute Gasteiger partial charge is 0.459 e. The lowest BCUT2D eigenvalue weighted by Crippen LogP contribution is -2.12. The second-order valence-electron chi connectivity index (χ2n) is 3.06. The molecule has 0 aliphatic heterocycles. The van der Waals surface area contributed by atoms with Crippen LogP contribution in [-0.2, 0) is 0 Å². The maximum Gasteiger partial charge on any atom is 0.253 e. The fourth-order valence-electron chi connectivity index (χ4n) is 1.03. The summed E-state index contributed by atoms with van der Waals surface area (Å²) in [6.45, 7) is 3.81. The van der Waals surface area contributed by atoms with Crippen LogP contribution >= 0.6 is 0 Å². The molecule has 0 radical (unpaired) electrons. The monoisotopic (exact) mass is 226 g/mol. The Morgan fingerprint density at radius 2 is 2.25 bits per heavy atom. The van der Waals surface area contributed by atoms with E-state index >= 15 is 0 Å². The number of hydrogen-bond donors (Lipinski definition) is 1. The summed E-state index contributed by atoms with van der Waals surface area (Å²) in [4.78, 5) is 3.67. The molecule has 86 valence electrons. The summed E-state index contributed by atoms with van der Waals surface area (Å²) in [5.74, 6) is 0.270. The van der Waals surface area contributed by atoms with Crippen LogP contribution in [0.15, 0.2) is 6.07 Å². The number of pyridine rings is 1. The van der Waals surface area contributed by atoms with Gasteiger partial charge >= 0.3 is 0 Å². The molecule has 0 saturated heterocycles. The van der Waals surface area contributed by atoms with Gasteiger partial charge in [-0.2, -0.15) is 4.98 Å². The highest BCUT2D eigenvalue weighted by Gasteiger charge is 2.14. The van der Waals surface area contributed by atoms with Gasteiger partial charge in [0.05, 0.1) is 0 Å². The highest BCUT2D eigenvalue weighted by molar-refractivity contribution is 5.39. The Labute approximate surface area is 92.8 Å². The molecule has 0 amide bonds. The lowest BCUT2D eigenvalue weighted by Gasteiger charge is -2.11. The molecular formula is C11H12F2N2O. The smallest absolute Gasteiger partial charge is 0.253 e. The third-order valence-electron chi connectivity index (χ3n) is 1.76. The van der Waals surface area contributed by atoms with E-state index in [-0.39, 0.29) is 11.7 Å². The number of nitrogens with one attached hydrogen (secondary N) is 1. The summed E-state index contributed by atoms with van der Waals surface area (Å²) in [6, 6.07) is 0.712. The molecular weight excluding hydrogens is 214 g/mol. The molecule has 16 heavy (non-hydrogen) atoms. The van der Waals surface area contributed by atoms with Gasteiger partial charge in [-0.25, -0.2) is 8.78 Å². The fourth-order valence-corrected chi connectivity index (χ4v) is 1.03. The van der Waals surface area contributed by atoms with Gasteiger partial charge in [0.25, 0.3) is 5.88 Å². The van der Waals surface area contributed by atoms with E-state index in [1.807, 2.05) is 0 Å². The van der Waals surface area contributed by atoms with Gasteiger partial charge in [-0.15, -0.1) is 6.42 Å². The lowest BCUT2D eigenvalue weighted by atomic mass is 10.4. The normalized spacial score (nSPS) is 11.7. The second-order valence-corrected chi connectivity index (χ2v) is 3.06. The Morgan fingerprint density at radius 1 is 1.56 bits per heavy atom. The maximum absolute atomic E-state index is 13.2. The van der Waals surface area contributed by atoms with Crippen LogP contribution in [0.2, 0.25) is 0 Å². The number of rotatable bonds is 4. The van der Waals surface area contributed by atoms with Gasteiger partial charge in [0.1, 0.15) is 0 Å². The number of terminal acetylenes is 1. The SMILES string of the molecule is C#CC(C)Oc1nc(NCC)c(F)cc1F. The average molecular weight is 226 g/mol. The topological polar surface area (TPSA) is 34.1 Å². The maximum atomic E-state index is 13.2. The predicted octanol–water partition coefficient (Wildman–Crippen LogP) is 2.19. The van der Waals surface area contributed by atoms with Gasteiger partial charge < -0.3 is 10.1 Å². The van der Waals surface area contributed by atoms with Gasteiger partial charge in [-0.1, -0.05) is 5.92 Å². The Bertz CT molecular complexity index is 415. The van der Waals surface area contributed by atoms with Crippen molar-refractivity contribution in [2.45, 2.75) is 20.0 Å². The first kappa shape index (κ1) is 12.2. The fraction of sp³-hybridized carbons (Fsp3) is 0.364. The second kappa shape index (κ2) is 5.31. The van der Waals surface area contributed by atoms with E-state index in [1.165, 1.54) is 0 Å². The molecule has 0 aliphatic carbocycles. The molecule has 1 aromatic rings. The van der Waals surface area contributed by atoms with Crippen molar-refractivity contribution in [1.29, 1.82) is 0 Å². The molecule has 1 rings (SSSR count). The Hall–Kier alpha value is -1.83. The van der Waals surface area contributed by atoms with Gasteiger partial charge in [-0.3, -0.25) is 0 Å². The van der Waals surface area contributed by atoms with Crippen LogP contribution in [0.3, 0.4) is 0 Å². The molecule has 1 unspecified atom stereocenters. The zero-order valence-corrected chi connectivity index (χ0v) is 9.05. The minimum atomic E-state index is -0.874. The molecule has 1 atom stereocenters. The molecule has 1 heterocycles. The van der Waals surface area contributed by atoms with E-state index in [4.69, 9.17) is 11.2 Å². The summed E-state index contributed by atoms with van der Waals surface area (Å²) >= 11 is 0. The Balaban J connectivity index is 3.00. The number of anilines is 1. The zero-order valence-electron chi connectivity index (χ0n) is 9.05. The number of aromatic nitrogens is 1. The summed E-state index contributed by atoms with van der Waals surface area (Å²) in [6.07, 6.45) is 4.46. The number of halogens is 2. The predicted molar refractivity (Wildman–Crippen MR) is 57.2 cm³/mol. The van der Waals surface area contributed by atoms with Crippen LogP contribution < -0.4 is 10.1 Å². The minimum absolute atomic E-state index is 0.0527. The Kier molecular flexibility index (Phi) is 4.06. The van der Waals surface area contributed by atoms with Gasteiger partial charge in [0.2, 0.25) is 0 Å². The standard InChI is InChI=1S/C11H12F2N2O/c1-4-7(3)16-11-9(13)6-8(12)10(15-11)14-5-2/h1,6-7H,5H2,2-3H3,(H,14,15). The average Bonchev–Trinajstić information content (AvgIpc) is 2.25. The number of ether oxygens (including phenoxy) is 1. The summed E-state index contributed by atoms with van der Waals surface area (Å²) in [5, 5.41) is 2.65. The van der Waals surface area contributed by atoms with E-state index in [9.17, 15) is 8.78 Å². The van der Waals surface area contributed by atoms with Crippen molar-refractivity contribution in [2.75, 3.05) is 11.9 Å². The molecule has 3 nitrogen and oxygen atoms in total. The zero-order chi connectivity index (χ0) is 12.1. The summed E-state index contributed by atoms with van der Waals surface area (Å²) in [7, 11) is 0. The summed E-state index contributed by atoms with van der Waals surface area (Å²) in [5.41, 5.74) is 0. The lowest BCUT2D eigenvalue weighted by molar-refractivity contribution is 0.253. The first-order chi connectivity index (χ1) is 7.58. The van der Waals surface area contributed by atoms with Crippen LogP contribution in [0.1, 0.15) is 13.8 Å². The van der Waals surface area contributed by atoms with Crippen LogP contribution in [0, 0.1) is 24.0 Å². The van der Waals surface area contributed by atoms with Gasteiger partial charge in [0, 0.05) is 12.6 Å². The van der Waals surface area contributed by atoms with Crippen LogP contribution in [0.4, 0.5) is 14.6 Å². The Morgan fingerprint density at radius 3 is 2.81 bits per heavy atom. The third-order valence-corrected chi connectivity index (χ3v) is 1.76. The molecule has 0 spiro atoms.